The van der Waals surface area contributed by atoms with Crippen LogP contribution >= 0.6 is 0 Å². The molecule has 0 radical (unpaired) electrons. The number of amides is 3. The van der Waals surface area contributed by atoms with Gasteiger partial charge in [0.15, 0.2) is 0 Å². The molecule has 3 aromatic rings. The number of carbonyl (C=O) groups is 4. The van der Waals surface area contributed by atoms with E-state index in [1.54, 1.807) is 56.9 Å². The number of H-pyrrole nitrogens is 1. The van der Waals surface area contributed by atoms with Crippen LogP contribution < -0.4 is 10.6 Å². The summed E-state index contributed by atoms with van der Waals surface area (Å²) in [6.45, 7) is 7.01. The number of hydrogen-bond acceptors (Lipinski definition) is 6. The zero-order valence-corrected chi connectivity index (χ0v) is 27.5. The van der Waals surface area contributed by atoms with Crippen LogP contribution in [-0.4, -0.2) is 71.3 Å². The number of anilines is 1. The topological polar surface area (TPSA) is 130 Å². The van der Waals surface area contributed by atoms with Gasteiger partial charge >= 0.3 is 12.1 Å². The van der Waals surface area contributed by atoms with Gasteiger partial charge in [-0.3, -0.25) is 9.59 Å². The maximum Gasteiger partial charge on any atom is 0.407 e. The van der Waals surface area contributed by atoms with Crippen LogP contribution in [0.25, 0.3) is 10.9 Å². The minimum absolute atomic E-state index is 0.0703. The van der Waals surface area contributed by atoms with Crippen molar-refractivity contribution in [1.82, 2.24) is 15.2 Å². The first-order valence-electron chi connectivity index (χ1n) is 16.5. The summed E-state index contributed by atoms with van der Waals surface area (Å²) < 4.78 is 24.4. The van der Waals surface area contributed by atoms with Crippen LogP contribution in [0.5, 0.6) is 0 Å². The molecule has 3 amide bonds. The fourth-order valence-corrected chi connectivity index (χ4v) is 6.90. The SMILES string of the molecule is CCOC(=O)c1cc2cc(NC(=O)[C@@H]3[C@@H](c4ccccc4)CCN3C(=O)[C@H]3CC[C@H]([C@@H](CF)NC(=O)OC(C)(C)C)CC3)ccc2[nH]1. The second-order valence-corrected chi connectivity index (χ2v) is 13.5. The van der Waals surface area contributed by atoms with Crippen molar-refractivity contribution < 1.29 is 33.0 Å². The van der Waals surface area contributed by atoms with Crippen molar-refractivity contribution in [3.05, 3.63) is 65.9 Å². The van der Waals surface area contributed by atoms with Crippen molar-refractivity contribution in [3.63, 3.8) is 0 Å². The molecule has 1 aromatic heterocycles. The van der Waals surface area contributed by atoms with E-state index in [0.29, 0.717) is 50.0 Å². The zero-order valence-electron chi connectivity index (χ0n) is 27.5. The average molecular weight is 649 g/mol. The molecular weight excluding hydrogens is 603 g/mol. The molecule has 1 aliphatic carbocycles. The van der Waals surface area contributed by atoms with Crippen molar-refractivity contribution in [2.45, 2.75) is 83.4 Å². The normalized spacial score (nSPS) is 22.0. The van der Waals surface area contributed by atoms with E-state index in [2.05, 4.69) is 15.6 Å². The highest BCUT2D eigenvalue weighted by molar-refractivity contribution is 6.01. The summed E-state index contributed by atoms with van der Waals surface area (Å²) in [5, 5.41) is 6.45. The Balaban J connectivity index is 1.29. The van der Waals surface area contributed by atoms with Crippen LogP contribution in [-0.2, 0) is 19.1 Å². The van der Waals surface area contributed by atoms with Gasteiger partial charge in [0, 0.05) is 35.0 Å². The van der Waals surface area contributed by atoms with E-state index >= 15 is 0 Å². The first-order valence-corrected chi connectivity index (χ1v) is 16.5. The Bertz CT molecular complexity index is 1580. The predicted molar refractivity (Wildman–Crippen MR) is 177 cm³/mol. The Morgan fingerprint density at radius 2 is 1.72 bits per heavy atom. The molecule has 2 aromatic carbocycles. The Kier molecular flexibility index (Phi) is 10.5. The summed E-state index contributed by atoms with van der Waals surface area (Å²) in [6, 6.07) is 15.4. The van der Waals surface area contributed by atoms with Crippen molar-refractivity contribution in [3.8, 4) is 0 Å². The summed E-state index contributed by atoms with van der Waals surface area (Å²) in [5.41, 5.74) is 1.92. The third-order valence-electron chi connectivity index (χ3n) is 9.12. The van der Waals surface area contributed by atoms with Gasteiger partial charge in [0.1, 0.15) is 24.0 Å². The number of hydrogen-bond donors (Lipinski definition) is 3. The Labute approximate surface area is 274 Å². The fourth-order valence-electron chi connectivity index (χ4n) is 6.90. The number of alkyl carbamates (subject to hydrolysis) is 1. The van der Waals surface area contributed by atoms with Crippen molar-refractivity contribution in [1.29, 1.82) is 0 Å². The highest BCUT2D eigenvalue weighted by Gasteiger charge is 2.45. The number of likely N-dealkylation sites (tertiary alicyclic amines) is 1. The molecule has 11 heteroatoms. The second kappa shape index (κ2) is 14.6. The van der Waals surface area contributed by atoms with Crippen LogP contribution in [0.15, 0.2) is 54.6 Å². The minimum Gasteiger partial charge on any atom is -0.461 e. The number of aromatic amines is 1. The second-order valence-electron chi connectivity index (χ2n) is 13.5. The van der Waals surface area contributed by atoms with Crippen LogP contribution in [0, 0.1) is 11.8 Å². The smallest absolute Gasteiger partial charge is 0.407 e. The maximum absolute atomic E-state index is 14.1. The molecule has 0 spiro atoms. The van der Waals surface area contributed by atoms with Crippen molar-refractivity contribution >= 4 is 40.5 Å². The first-order chi connectivity index (χ1) is 22.5. The number of esters is 1. The Morgan fingerprint density at radius 3 is 2.38 bits per heavy atom. The van der Waals surface area contributed by atoms with Crippen LogP contribution in [0.3, 0.4) is 0 Å². The molecule has 1 saturated carbocycles. The molecule has 0 bridgehead atoms. The lowest BCUT2D eigenvalue weighted by Gasteiger charge is -2.36. The van der Waals surface area contributed by atoms with E-state index in [4.69, 9.17) is 9.47 Å². The summed E-state index contributed by atoms with van der Waals surface area (Å²) in [7, 11) is 0. The number of ether oxygens (including phenoxy) is 2. The number of alkyl halides is 1. The van der Waals surface area contributed by atoms with E-state index in [1.165, 1.54) is 0 Å². The number of rotatable bonds is 9. The number of carbonyl (C=O) groups excluding carboxylic acids is 4. The molecule has 252 valence electrons. The zero-order chi connectivity index (χ0) is 33.7. The lowest BCUT2D eigenvalue weighted by atomic mass is 9.78. The number of nitrogens with zero attached hydrogens (tertiary/aromatic N) is 1. The summed E-state index contributed by atoms with van der Waals surface area (Å²) in [4.78, 5) is 57.4. The number of halogens is 1. The van der Waals surface area contributed by atoms with Gasteiger partial charge in [-0.15, -0.1) is 0 Å². The van der Waals surface area contributed by atoms with Gasteiger partial charge in [-0.05, 0) is 95.5 Å². The quantitative estimate of drug-likeness (QED) is 0.232. The minimum atomic E-state index is -0.716. The summed E-state index contributed by atoms with van der Waals surface area (Å²) >= 11 is 0. The van der Waals surface area contributed by atoms with Crippen molar-refractivity contribution in [2.75, 3.05) is 25.1 Å². The van der Waals surface area contributed by atoms with Gasteiger partial charge in [-0.1, -0.05) is 30.3 Å². The summed E-state index contributed by atoms with van der Waals surface area (Å²) in [5.74, 6) is -1.39. The lowest BCUT2D eigenvalue weighted by molar-refractivity contribution is -0.141. The van der Waals surface area contributed by atoms with E-state index in [-0.39, 0.29) is 36.2 Å². The van der Waals surface area contributed by atoms with E-state index < -0.39 is 36.4 Å². The standard InChI is InChI=1S/C36H45FN4O6/c1-5-46-34(44)29-20-25-19-26(15-16-28(25)39-29)38-32(42)31-27(22-9-7-6-8-10-22)17-18-41(31)33(43)24-13-11-23(12-14-24)30(21-37)40-35(45)47-36(2,3)4/h6-10,15-16,19-20,23-24,27,30-31,39H,5,11-14,17-18,21H2,1-4H3,(H,38,42)(H,40,45)/t23-,24-,27-,30-,31+/m1/s1. The molecule has 2 aliphatic rings. The van der Waals surface area contributed by atoms with Crippen molar-refractivity contribution in [2.24, 2.45) is 11.8 Å². The number of fused-ring (bicyclic) bond motifs is 1. The molecule has 1 saturated heterocycles. The van der Waals surface area contributed by atoms with Gasteiger partial charge < -0.3 is 30.0 Å². The molecule has 3 N–H and O–H groups in total. The largest absolute Gasteiger partial charge is 0.461 e. The number of aromatic nitrogens is 1. The van der Waals surface area contributed by atoms with Crippen LogP contribution in [0.1, 0.15) is 81.8 Å². The summed E-state index contributed by atoms with van der Waals surface area (Å²) in [6.07, 6.45) is 2.25. The third kappa shape index (κ3) is 8.12. The highest BCUT2D eigenvalue weighted by Crippen LogP contribution is 2.39. The molecule has 3 atom stereocenters. The molecule has 2 fully saturated rings. The predicted octanol–water partition coefficient (Wildman–Crippen LogP) is 6.34. The Morgan fingerprint density at radius 1 is 1.00 bits per heavy atom. The molecular formula is C36H45FN4O6. The molecule has 2 heterocycles. The molecule has 1 aliphatic heterocycles. The lowest BCUT2D eigenvalue weighted by Crippen LogP contribution is -2.49. The molecule has 10 nitrogen and oxygen atoms in total. The molecule has 0 unspecified atom stereocenters. The Hall–Kier alpha value is -4.41. The third-order valence-corrected chi connectivity index (χ3v) is 9.12. The van der Waals surface area contributed by atoms with Gasteiger partial charge in [-0.25, -0.2) is 14.0 Å². The van der Waals surface area contributed by atoms with Crippen LogP contribution in [0.2, 0.25) is 0 Å². The maximum atomic E-state index is 14.1. The van der Waals surface area contributed by atoms with E-state index in [9.17, 15) is 23.6 Å². The van der Waals surface area contributed by atoms with Gasteiger partial charge in [0.2, 0.25) is 11.8 Å². The fraction of sp³-hybridized carbons (Fsp3) is 0.500. The average Bonchev–Trinajstić information content (AvgIpc) is 3.68. The van der Waals surface area contributed by atoms with E-state index in [0.717, 1.165) is 16.5 Å². The van der Waals surface area contributed by atoms with E-state index in [1.807, 2.05) is 30.3 Å². The first kappa shape index (κ1) is 33.9. The van der Waals surface area contributed by atoms with Gasteiger partial charge in [0.05, 0.1) is 12.6 Å². The molecule has 47 heavy (non-hydrogen) atoms. The number of nitrogens with one attached hydrogen (secondary N) is 3. The van der Waals surface area contributed by atoms with Crippen LogP contribution in [0.4, 0.5) is 14.9 Å². The number of benzene rings is 2. The van der Waals surface area contributed by atoms with Gasteiger partial charge in [0.25, 0.3) is 0 Å². The van der Waals surface area contributed by atoms with Gasteiger partial charge in [-0.2, -0.15) is 0 Å². The highest BCUT2D eigenvalue weighted by atomic mass is 19.1. The molecule has 5 rings (SSSR count). The monoisotopic (exact) mass is 648 g/mol.